The second-order valence-corrected chi connectivity index (χ2v) is 9.75. The summed E-state index contributed by atoms with van der Waals surface area (Å²) in [5.74, 6) is -0.155. The van der Waals surface area contributed by atoms with Gasteiger partial charge in [0.1, 0.15) is 0 Å². The lowest BCUT2D eigenvalue weighted by Gasteiger charge is -2.26. The number of quaternary nitrogens is 1. The van der Waals surface area contributed by atoms with E-state index in [0.29, 0.717) is 6.54 Å². The van der Waals surface area contributed by atoms with Crippen LogP contribution in [0.5, 0.6) is 0 Å². The van der Waals surface area contributed by atoms with Crippen molar-refractivity contribution in [2.24, 2.45) is 5.41 Å². The molecular weight excluding hydrogens is 362 g/mol. The first-order valence-electron chi connectivity index (χ1n) is 9.13. The number of hydrogen-bond acceptors (Lipinski definition) is 3. The molecular formula is C20H30N3O3S+. The van der Waals surface area contributed by atoms with Gasteiger partial charge in [0.2, 0.25) is 15.9 Å². The van der Waals surface area contributed by atoms with E-state index in [-0.39, 0.29) is 29.2 Å². The zero-order valence-electron chi connectivity index (χ0n) is 16.5. The van der Waals surface area contributed by atoms with Gasteiger partial charge in [0.15, 0.2) is 0 Å². The minimum Gasteiger partial charge on any atom is -0.355 e. The molecule has 0 heterocycles. The van der Waals surface area contributed by atoms with Crippen molar-refractivity contribution in [1.29, 1.82) is 0 Å². The molecule has 0 aliphatic rings. The Balaban J connectivity index is 1.86. The van der Waals surface area contributed by atoms with Crippen molar-refractivity contribution in [3.8, 4) is 0 Å². The molecule has 0 unspecified atom stereocenters. The summed E-state index contributed by atoms with van der Waals surface area (Å²) in [5.41, 5.74) is -0.0148. The number of fused-ring (bicyclic) bond motifs is 1. The molecule has 0 aliphatic carbocycles. The van der Waals surface area contributed by atoms with Crippen LogP contribution in [0, 0.1) is 5.41 Å². The van der Waals surface area contributed by atoms with Gasteiger partial charge in [-0.05, 0) is 22.9 Å². The van der Waals surface area contributed by atoms with E-state index in [1.165, 1.54) is 4.90 Å². The van der Waals surface area contributed by atoms with Crippen molar-refractivity contribution >= 4 is 26.7 Å². The van der Waals surface area contributed by atoms with Gasteiger partial charge in [0, 0.05) is 24.9 Å². The molecule has 2 rings (SSSR count). The van der Waals surface area contributed by atoms with E-state index in [1.54, 1.807) is 18.2 Å². The molecule has 0 bridgehead atoms. The Morgan fingerprint density at radius 1 is 1.07 bits per heavy atom. The van der Waals surface area contributed by atoms with Gasteiger partial charge in [-0.15, -0.1) is 0 Å². The van der Waals surface area contributed by atoms with Crippen LogP contribution < -0.4 is 14.9 Å². The summed E-state index contributed by atoms with van der Waals surface area (Å²) >= 11 is 0. The van der Waals surface area contributed by atoms with Crippen LogP contribution >= 0.6 is 0 Å². The van der Waals surface area contributed by atoms with Gasteiger partial charge in [0.05, 0.1) is 25.5 Å². The van der Waals surface area contributed by atoms with Crippen LogP contribution in [0.4, 0.5) is 0 Å². The summed E-state index contributed by atoms with van der Waals surface area (Å²) in [7, 11) is 0.509. The summed E-state index contributed by atoms with van der Waals surface area (Å²) in [6.07, 6.45) is 0.109. The first-order valence-corrected chi connectivity index (χ1v) is 10.6. The summed E-state index contributed by atoms with van der Waals surface area (Å²) in [4.78, 5) is 13.5. The molecule has 27 heavy (non-hydrogen) atoms. The van der Waals surface area contributed by atoms with Gasteiger partial charge in [-0.25, -0.2) is 13.1 Å². The Morgan fingerprint density at radius 2 is 1.74 bits per heavy atom. The third-order valence-corrected chi connectivity index (χ3v) is 5.73. The molecule has 0 atom stereocenters. The first kappa shape index (κ1) is 21.3. The minimum absolute atomic E-state index is 0.0148. The molecule has 1 amide bonds. The van der Waals surface area contributed by atoms with Gasteiger partial charge >= 0.3 is 0 Å². The van der Waals surface area contributed by atoms with Crippen LogP contribution in [0.2, 0.25) is 0 Å². The molecule has 0 spiro atoms. The van der Waals surface area contributed by atoms with Crippen molar-refractivity contribution in [2.75, 3.05) is 33.7 Å². The Morgan fingerprint density at radius 3 is 2.41 bits per heavy atom. The van der Waals surface area contributed by atoms with Crippen LogP contribution in [0.3, 0.4) is 0 Å². The van der Waals surface area contributed by atoms with Gasteiger partial charge in [-0.2, -0.15) is 0 Å². The van der Waals surface area contributed by atoms with Crippen molar-refractivity contribution in [1.82, 2.24) is 10.0 Å². The molecule has 6 nitrogen and oxygen atoms in total. The van der Waals surface area contributed by atoms with Gasteiger partial charge in [-0.3, -0.25) is 4.79 Å². The van der Waals surface area contributed by atoms with Crippen LogP contribution in [0.15, 0.2) is 47.4 Å². The van der Waals surface area contributed by atoms with Crippen LogP contribution in [0.1, 0.15) is 20.3 Å². The lowest BCUT2D eigenvalue weighted by Crippen LogP contribution is -3.07. The van der Waals surface area contributed by atoms with Crippen LogP contribution in [-0.2, 0) is 14.8 Å². The zero-order valence-corrected chi connectivity index (χ0v) is 17.3. The number of sulfonamides is 1. The lowest BCUT2D eigenvalue weighted by atomic mass is 9.93. The smallest absolute Gasteiger partial charge is 0.240 e. The number of benzene rings is 2. The quantitative estimate of drug-likeness (QED) is 0.590. The van der Waals surface area contributed by atoms with Gasteiger partial charge in [-0.1, -0.05) is 44.2 Å². The lowest BCUT2D eigenvalue weighted by molar-refractivity contribution is -0.865. The van der Waals surface area contributed by atoms with E-state index in [0.717, 1.165) is 17.3 Å². The number of carbonyl (C=O) groups excluding carboxylic acids is 1. The van der Waals surface area contributed by atoms with Gasteiger partial charge in [0.25, 0.3) is 0 Å². The van der Waals surface area contributed by atoms with Crippen LogP contribution in [-0.4, -0.2) is 48.1 Å². The molecule has 0 fully saturated rings. The highest BCUT2D eigenvalue weighted by Crippen LogP contribution is 2.18. The Kier molecular flexibility index (Phi) is 6.97. The molecule has 2 aromatic rings. The van der Waals surface area contributed by atoms with E-state index >= 15 is 0 Å². The van der Waals surface area contributed by atoms with E-state index in [2.05, 4.69) is 38.0 Å². The van der Waals surface area contributed by atoms with Crippen molar-refractivity contribution < 1.29 is 18.1 Å². The SMILES string of the molecule is C[NH+](C)CC(C)(C)CNC(=O)CCNS(=O)(=O)c1ccc2ccccc2c1. The predicted molar refractivity (Wildman–Crippen MR) is 108 cm³/mol. The molecule has 0 aromatic heterocycles. The summed E-state index contributed by atoms with van der Waals surface area (Å²) in [6, 6.07) is 12.6. The summed E-state index contributed by atoms with van der Waals surface area (Å²) < 4.78 is 27.4. The molecule has 3 N–H and O–H groups in total. The average Bonchev–Trinajstić information content (AvgIpc) is 2.58. The maximum atomic E-state index is 12.5. The second-order valence-electron chi connectivity index (χ2n) is 7.98. The number of hydrogen-bond donors (Lipinski definition) is 3. The molecule has 0 radical (unpaired) electrons. The highest BCUT2D eigenvalue weighted by atomic mass is 32.2. The highest BCUT2D eigenvalue weighted by Gasteiger charge is 2.22. The molecule has 2 aromatic carbocycles. The molecule has 0 saturated heterocycles. The molecule has 0 aliphatic heterocycles. The fraction of sp³-hybridized carbons (Fsp3) is 0.450. The normalized spacial score (nSPS) is 12.5. The predicted octanol–water partition coefficient (Wildman–Crippen LogP) is 0.795. The summed E-state index contributed by atoms with van der Waals surface area (Å²) in [6.45, 7) is 5.77. The maximum absolute atomic E-state index is 12.5. The van der Waals surface area contributed by atoms with Crippen molar-refractivity contribution in [3.05, 3.63) is 42.5 Å². The second kappa shape index (κ2) is 8.82. The molecule has 148 valence electrons. The number of carbonyl (C=O) groups is 1. The fourth-order valence-corrected chi connectivity index (χ4v) is 4.23. The van der Waals surface area contributed by atoms with E-state index < -0.39 is 10.0 Å². The van der Waals surface area contributed by atoms with E-state index in [1.807, 2.05) is 24.3 Å². The third-order valence-electron chi connectivity index (χ3n) is 4.27. The Bertz CT molecular complexity index is 892. The van der Waals surface area contributed by atoms with Crippen molar-refractivity contribution in [3.63, 3.8) is 0 Å². The third kappa shape index (κ3) is 6.61. The zero-order chi connectivity index (χ0) is 20.1. The standard InChI is InChI=1S/C20H29N3O3S/c1-20(2,15-23(3)4)14-21-19(24)11-12-22-27(25,26)18-10-9-16-7-5-6-8-17(16)13-18/h5-10,13,22H,11-12,14-15H2,1-4H3,(H,21,24)/p+1. The number of rotatable bonds is 9. The first-order chi connectivity index (χ1) is 12.6. The largest absolute Gasteiger partial charge is 0.355 e. The van der Waals surface area contributed by atoms with E-state index in [9.17, 15) is 13.2 Å². The minimum atomic E-state index is -3.64. The monoisotopic (exact) mass is 392 g/mol. The average molecular weight is 393 g/mol. The topological polar surface area (TPSA) is 79.7 Å². The maximum Gasteiger partial charge on any atom is 0.240 e. The highest BCUT2D eigenvalue weighted by molar-refractivity contribution is 7.89. The number of amides is 1. The summed E-state index contributed by atoms with van der Waals surface area (Å²) in [5, 5.41) is 4.74. The number of nitrogens with one attached hydrogen (secondary N) is 3. The van der Waals surface area contributed by atoms with E-state index in [4.69, 9.17) is 0 Å². The molecule has 0 saturated carbocycles. The van der Waals surface area contributed by atoms with Gasteiger partial charge < -0.3 is 10.2 Å². The Hall–Kier alpha value is -1.96. The Labute approximate surface area is 162 Å². The molecule has 7 heteroatoms. The van der Waals surface area contributed by atoms with Crippen molar-refractivity contribution in [2.45, 2.75) is 25.2 Å². The fourth-order valence-electron chi connectivity index (χ4n) is 3.16. The van der Waals surface area contributed by atoms with Crippen LogP contribution in [0.25, 0.3) is 10.8 Å².